The maximum Gasteiger partial charge on any atom is 0.317 e. The van der Waals surface area contributed by atoms with Crippen LogP contribution >= 0.6 is 0 Å². The Morgan fingerprint density at radius 1 is 1.03 bits per heavy atom. The maximum atomic E-state index is 13.5. The van der Waals surface area contributed by atoms with Crippen molar-refractivity contribution in [1.29, 1.82) is 0 Å². The first-order valence-electron chi connectivity index (χ1n) is 11.2. The standard InChI is InChI=1S/C23H28O7S/c1-13(24)29-21-15-8-14-9-16(21)12-23(10-14,11-15)22(25)30-19-6-7-20(31(26,27)28)18-5-3-2-4-17(18)19/h6-7,14-16,21H,2-5,8-12H2,1H3,(H,26,27,28). The third-order valence-electron chi connectivity index (χ3n) is 7.85. The summed E-state index contributed by atoms with van der Waals surface area (Å²) in [4.78, 5) is 24.9. The van der Waals surface area contributed by atoms with Crippen LogP contribution in [-0.4, -0.2) is 31.0 Å². The normalized spacial score (nSPS) is 33.6. The number of fused-ring (bicyclic) bond motifs is 1. The lowest BCUT2D eigenvalue weighted by Gasteiger charge is -2.57. The van der Waals surface area contributed by atoms with Crippen LogP contribution in [0.15, 0.2) is 17.0 Å². The zero-order valence-electron chi connectivity index (χ0n) is 17.6. The third kappa shape index (κ3) is 3.57. The van der Waals surface area contributed by atoms with Crippen LogP contribution in [-0.2, 0) is 37.3 Å². The van der Waals surface area contributed by atoms with Crippen molar-refractivity contribution in [3.63, 3.8) is 0 Å². The van der Waals surface area contributed by atoms with Gasteiger partial charge in [0.05, 0.1) is 10.3 Å². The largest absolute Gasteiger partial charge is 0.462 e. The van der Waals surface area contributed by atoms with Gasteiger partial charge in [0.15, 0.2) is 0 Å². The molecular weight excluding hydrogens is 420 g/mol. The molecule has 4 bridgehead atoms. The van der Waals surface area contributed by atoms with Gasteiger partial charge in [-0.25, -0.2) is 0 Å². The zero-order chi connectivity index (χ0) is 22.0. The van der Waals surface area contributed by atoms with Crippen LogP contribution in [0.3, 0.4) is 0 Å². The number of benzene rings is 1. The highest BCUT2D eigenvalue weighted by molar-refractivity contribution is 7.85. The van der Waals surface area contributed by atoms with Crippen LogP contribution in [0, 0.1) is 23.2 Å². The van der Waals surface area contributed by atoms with Crippen molar-refractivity contribution in [1.82, 2.24) is 0 Å². The average molecular weight is 449 g/mol. The van der Waals surface area contributed by atoms with Gasteiger partial charge in [-0.3, -0.25) is 14.1 Å². The van der Waals surface area contributed by atoms with Gasteiger partial charge in [-0.05, 0) is 98.8 Å². The van der Waals surface area contributed by atoms with E-state index in [1.165, 1.54) is 19.1 Å². The molecule has 0 spiro atoms. The first-order valence-corrected chi connectivity index (χ1v) is 12.6. The van der Waals surface area contributed by atoms with Crippen LogP contribution in [0.25, 0.3) is 0 Å². The summed E-state index contributed by atoms with van der Waals surface area (Å²) in [5, 5.41) is 0. The van der Waals surface area contributed by atoms with Gasteiger partial charge in [-0.15, -0.1) is 0 Å². The molecule has 2 unspecified atom stereocenters. The molecule has 1 aromatic carbocycles. The Morgan fingerprint density at radius 3 is 2.29 bits per heavy atom. The minimum atomic E-state index is -4.32. The van der Waals surface area contributed by atoms with E-state index in [4.69, 9.17) is 9.47 Å². The number of carbonyl (C=O) groups excluding carboxylic acids is 2. The van der Waals surface area contributed by atoms with Crippen LogP contribution < -0.4 is 4.74 Å². The SMILES string of the molecule is CC(=O)OC1C2CC3CC1CC(C(=O)Oc1ccc(S(=O)(=O)O)c4c1CCCC4)(C3)C2. The Bertz CT molecular complexity index is 1030. The number of hydrogen-bond acceptors (Lipinski definition) is 6. The summed E-state index contributed by atoms with van der Waals surface area (Å²) in [6.45, 7) is 1.44. The molecule has 7 nitrogen and oxygen atoms in total. The average Bonchev–Trinajstić information content (AvgIpc) is 2.69. The highest BCUT2D eigenvalue weighted by Crippen LogP contribution is 2.61. The van der Waals surface area contributed by atoms with Gasteiger partial charge < -0.3 is 9.47 Å². The van der Waals surface area contributed by atoms with Gasteiger partial charge in [0.25, 0.3) is 10.1 Å². The Balaban J connectivity index is 1.42. The van der Waals surface area contributed by atoms with E-state index in [1.807, 2.05) is 0 Å². The summed E-state index contributed by atoms with van der Waals surface area (Å²) < 4.78 is 44.7. The lowest BCUT2D eigenvalue weighted by atomic mass is 9.48. The second-order valence-corrected chi connectivity index (χ2v) is 11.3. The third-order valence-corrected chi connectivity index (χ3v) is 8.79. The fourth-order valence-corrected chi connectivity index (χ4v) is 7.74. The predicted octanol–water partition coefficient (Wildman–Crippen LogP) is 3.48. The molecule has 8 heteroatoms. The second-order valence-electron chi connectivity index (χ2n) is 9.91. The maximum absolute atomic E-state index is 13.5. The van der Waals surface area contributed by atoms with E-state index >= 15 is 0 Å². The van der Waals surface area contributed by atoms with Gasteiger partial charge >= 0.3 is 11.9 Å². The van der Waals surface area contributed by atoms with E-state index in [9.17, 15) is 22.6 Å². The number of rotatable bonds is 4. The van der Waals surface area contributed by atoms with Crippen molar-refractivity contribution in [3.8, 4) is 5.75 Å². The molecule has 0 amide bonds. The Hall–Kier alpha value is -1.93. The lowest BCUT2D eigenvalue weighted by Crippen LogP contribution is -2.58. The summed E-state index contributed by atoms with van der Waals surface area (Å²) in [5.74, 6) is 0.740. The molecule has 0 saturated heterocycles. The number of ether oxygens (including phenoxy) is 2. The van der Waals surface area contributed by atoms with Gasteiger partial charge in [0.1, 0.15) is 11.9 Å². The van der Waals surface area contributed by atoms with Crippen molar-refractivity contribution in [2.24, 2.45) is 23.2 Å². The quantitative estimate of drug-likeness (QED) is 0.427. The van der Waals surface area contributed by atoms with Gasteiger partial charge in [-0.2, -0.15) is 8.42 Å². The monoisotopic (exact) mass is 448 g/mol. The summed E-state index contributed by atoms with van der Waals surface area (Å²) in [7, 11) is -4.32. The smallest absolute Gasteiger partial charge is 0.317 e. The molecular formula is C23H28O7S. The molecule has 0 radical (unpaired) electrons. The Morgan fingerprint density at radius 2 is 1.68 bits per heavy atom. The zero-order valence-corrected chi connectivity index (χ0v) is 18.4. The fraction of sp³-hybridized carbons (Fsp3) is 0.652. The number of hydrogen-bond donors (Lipinski definition) is 1. The van der Waals surface area contributed by atoms with Gasteiger partial charge in [0, 0.05) is 6.92 Å². The van der Waals surface area contributed by atoms with Crippen LogP contribution in [0.5, 0.6) is 5.75 Å². The van der Waals surface area contributed by atoms with Crippen molar-refractivity contribution in [3.05, 3.63) is 23.3 Å². The number of carbonyl (C=O) groups is 2. The molecule has 0 heterocycles. The van der Waals surface area contributed by atoms with E-state index in [1.54, 1.807) is 0 Å². The highest BCUT2D eigenvalue weighted by atomic mass is 32.2. The molecule has 6 rings (SSSR count). The molecule has 168 valence electrons. The Labute approximate surface area is 182 Å². The predicted molar refractivity (Wildman–Crippen MR) is 110 cm³/mol. The van der Waals surface area contributed by atoms with E-state index in [0.717, 1.165) is 37.7 Å². The van der Waals surface area contributed by atoms with Crippen molar-refractivity contribution in [2.45, 2.75) is 75.7 Å². The summed E-state index contributed by atoms with van der Waals surface area (Å²) in [5.41, 5.74) is 0.730. The van der Waals surface area contributed by atoms with Crippen molar-refractivity contribution >= 4 is 22.1 Å². The highest BCUT2D eigenvalue weighted by Gasteiger charge is 2.60. The minimum Gasteiger partial charge on any atom is -0.462 e. The molecule has 1 aromatic rings. The first kappa shape index (κ1) is 20.9. The van der Waals surface area contributed by atoms with Gasteiger partial charge in [0.2, 0.25) is 0 Å². The molecule has 0 aromatic heterocycles. The Kier molecular flexibility index (Phi) is 4.93. The van der Waals surface area contributed by atoms with Crippen molar-refractivity contribution in [2.75, 3.05) is 0 Å². The van der Waals surface area contributed by atoms with E-state index in [2.05, 4.69) is 0 Å². The molecule has 2 atom stereocenters. The second kappa shape index (κ2) is 7.30. The fourth-order valence-electron chi connectivity index (χ4n) is 6.96. The van der Waals surface area contributed by atoms with E-state index < -0.39 is 15.5 Å². The molecule has 1 N–H and O–H groups in total. The summed E-state index contributed by atoms with van der Waals surface area (Å²) in [6.07, 6.45) is 6.89. The van der Waals surface area contributed by atoms with Gasteiger partial charge in [-0.1, -0.05) is 0 Å². The minimum absolute atomic E-state index is 0.0824. The van der Waals surface area contributed by atoms with E-state index in [0.29, 0.717) is 42.9 Å². The van der Waals surface area contributed by atoms with Crippen molar-refractivity contribution < 1.29 is 32.0 Å². The molecule has 5 aliphatic carbocycles. The van der Waals surface area contributed by atoms with Crippen LogP contribution in [0.1, 0.15) is 63.0 Å². The molecule has 4 fully saturated rings. The van der Waals surface area contributed by atoms with E-state index in [-0.39, 0.29) is 34.8 Å². The first-order chi connectivity index (χ1) is 14.7. The number of esters is 2. The van der Waals surface area contributed by atoms with Crippen LogP contribution in [0.2, 0.25) is 0 Å². The molecule has 0 aliphatic heterocycles. The topological polar surface area (TPSA) is 107 Å². The molecule has 5 aliphatic rings. The summed E-state index contributed by atoms with van der Waals surface area (Å²) >= 11 is 0. The van der Waals surface area contributed by atoms with Crippen LogP contribution in [0.4, 0.5) is 0 Å². The lowest BCUT2D eigenvalue weighted by molar-refractivity contribution is -0.189. The molecule has 31 heavy (non-hydrogen) atoms. The summed E-state index contributed by atoms with van der Waals surface area (Å²) in [6, 6.07) is 2.85. The molecule has 4 saturated carbocycles.